The van der Waals surface area contributed by atoms with Crippen LogP contribution in [0.3, 0.4) is 0 Å². The largest absolute Gasteiger partial charge is 0.326 e. The lowest BCUT2D eigenvalue weighted by molar-refractivity contribution is -0.115. The van der Waals surface area contributed by atoms with Crippen molar-refractivity contribution in [1.29, 1.82) is 0 Å². The Morgan fingerprint density at radius 1 is 1.35 bits per heavy atom. The zero-order valence-electron chi connectivity index (χ0n) is 11.5. The second-order valence-corrected chi connectivity index (χ2v) is 5.37. The van der Waals surface area contributed by atoms with Gasteiger partial charge in [-0.2, -0.15) is 0 Å². The summed E-state index contributed by atoms with van der Waals surface area (Å²) in [5.74, 6) is 0.409. The fourth-order valence-corrected chi connectivity index (χ4v) is 2.32. The van der Waals surface area contributed by atoms with Gasteiger partial charge in [0.05, 0.1) is 5.52 Å². The highest BCUT2D eigenvalue weighted by Crippen LogP contribution is 2.24. The van der Waals surface area contributed by atoms with Crippen LogP contribution in [0.4, 0.5) is 5.69 Å². The average Bonchev–Trinajstić information content (AvgIpc) is 2.37. The summed E-state index contributed by atoms with van der Waals surface area (Å²) in [5, 5.41) is 3.75. The Bertz CT molecular complexity index is 692. The lowest BCUT2D eigenvalue weighted by atomic mass is 9.99. The normalized spacial score (nSPS) is 11.0. The number of anilines is 1. The van der Waals surface area contributed by atoms with Crippen molar-refractivity contribution in [2.45, 2.75) is 26.2 Å². The van der Waals surface area contributed by atoms with Gasteiger partial charge in [0, 0.05) is 29.4 Å². The van der Waals surface area contributed by atoms with E-state index in [9.17, 15) is 9.59 Å². The van der Waals surface area contributed by atoms with Crippen LogP contribution in [0, 0.1) is 0 Å². The number of benzene rings is 1. The molecule has 0 unspecified atom stereocenters. The third-order valence-corrected chi connectivity index (χ3v) is 3.29. The number of rotatable bonds is 4. The molecule has 0 atom stereocenters. The Labute approximate surface area is 122 Å². The SMILES string of the molecule is CC(C)c1cc(=O)[nH]c2cc(NC(=O)CCCl)ccc12. The van der Waals surface area contributed by atoms with E-state index >= 15 is 0 Å². The predicted molar refractivity (Wildman–Crippen MR) is 82.6 cm³/mol. The summed E-state index contributed by atoms with van der Waals surface area (Å²) in [4.78, 5) is 26.0. The molecule has 1 heterocycles. The van der Waals surface area contributed by atoms with Crippen LogP contribution in [0.2, 0.25) is 0 Å². The van der Waals surface area contributed by atoms with Crippen LogP contribution < -0.4 is 10.9 Å². The molecule has 1 aromatic heterocycles. The average molecular weight is 293 g/mol. The predicted octanol–water partition coefficient (Wildman–Crippen LogP) is 3.22. The highest BCUT2D eigenvalue weighted by molar-refractivity contribution is 6.19. The van der Waals surface area contributed by atoms with E-state index in [0.717, 1.165) is 16.5 Å². The van der Waals surface area contributed by atoms with Gasteiger partial charge in [0.25, 0.3) is 0 Å². The summed E-state index contributed by atoms with van der Waals surface area (Å²) in [7, 11) is 0. The molecule has 0 aliphatic carbocycles. The van der Waals surface area contributed by atoms with Crippen LogP contribution in [0.5, 0.6) is 0 Å². The minimum Gasteiger partial charge on any atom is -0.326 e. The Hall–Kier alpha value is -1.81. The molecular weight excluding hydrogens is 276 g/mol. The van der Waals surface area contributed by atoms with Crippen LogP contribution in [0.1, 0.15) is 31.7 Å². The summed E-state index contributed by atoms with van der Waals surface area (Å²) in [6.07, 6.45) is 0.266. The number of hydrogen-bond donors (Lipinski definition) is 2. The second kappa shape index (κ2) is 6.09. The Morgan fingerprint density at radius 3 is 2.75 bits per heavy atom. The minimum atomic E-state index is -0.137. The maximum Gasteiger partial charge on any atom is 0.248 e. The maximum atomic E-state index is 11.7. The first-order valence-corrected chi connectivity index (χ1v) is 7.07. The fraction of sp³-hybridized carbons (Fsp3) is 0.333. The van der Waals surface area contributed by atoms with Crippen molar-refractivity contribution in [2.75, 3.05) is 11.2 Å². The third-order valence-electron chi connectivity index (χ3n) is 3.10. The van der Waals surface area contributed by atoms with Gasteiger partial charge in [-0.25, -0.2) is 0 Å². The van der Waals surface area contributed by atoms with Gasteiger partial charge in [-0.3, -0.25) is 9.59 Å². The summed E-state index contributed by atoms with van der Waals surface area (Å²) in [6, 6.07) is 7.14. The van der Waals surface area contributed by atoms with E-state index in [4.69, 9.17) is 11.6 Å². The Kier molecular flexibility index (Phi) is 4.45. The molecule has 0 saturated heterocycles. The van der Waals surface area contributed by atoms with Crippen molar-refractivity contribution < 1.29 is 4.79 Å². The quantitative estimate of drug-likeness (QED) is 0.850. The van der Waals surface area contributed by atoms with Gasteiger partial charge in [0.15, 0.2) is 0 Å². The number of carbonyl (C=O) groups is 1. The van der Waals surface area contributed by atoms with Crippen LogP contribution in [-0.4, -0.2) is 16.8 Å². The van der Waals surface area contributed by atoms with Crippen molar-refractivity contribution in [2.24, 2.45) is 0 Å². The first-order chi connectivity index (χ1) is 9.51. The number of H-pyrrole nitrogens is 1. The van der Waals surface area contributed by atoms with Gasteiger partial charge in [-0.05, 0) is 23.6 Å². The van der Waals surface area contributed by atoms with E-state index in [1.54, 1.807) is 12.1 Å². The number of alkyl halides is 1. The highest BCUT2D eigenvalue weighted by atomic mass is 35.5. The molecule has 0 bridgehead atoms. The van der Waals surface area contributed by atoms with E-state index in [2.05, 4.69) is 10.3 Å². The molecule has 106 valence electrons. The van der Waals surface area contributed by atoms with Crippen molar-refractivity contribution in [1.82, 2.24) is 4.98 Å². The van der Waals surface area contributed by atoms with Crippen LogP contribution >= 0.6 is 11.6 Å². The van der Waals surface area contributed by atoms with E-state index in [1.165, 1.54) is 0 Å². The van der Waals surface area contributed by atoms with Gasteiger partial charge < -0.3 is 10.3 Å². The molecular formula is C15H17ClN2O2. The third kappa shape index (κ3) is 3.20. The van der Waals surface area contributed by atoms with Crippen molar-refractivity contribution in [3.8, 4) is 0 Å². The van der Waals surface area contributed by atoms with Crippen LogP contribution in [0.15, 0.2) is 29.1 Å². The second-order valence-electron chi connectivity index (χ2n) is 4.99. The lowest BCUT2D eigenvalue weighted by Crippen LogP contribution is -2.12. The molecule has 0 aliphatic rings. The molecule has 0 spiro atoms. The number of fused-ring (bicyclic) bond motifs is 1. The number of carbonyl (C=O) groups excluding carboxylic acids is 1. The van der Waals surface area contributed by atoms with Crippen molar-refractivity contribution >= 4 is 34.1 Å². The molecule has 1 amide bonds. The number of nitrogens with one attached hydrogen (secondary N) is 2. The summed E-state index contributed by atoms with van der Waals surface area (Å²) in [5.41, 5.74) is 2.25. The molecule has 0 aliphatic heterocycles. The molecule has 0 saturated carbocycles. The summed E-state index contributed by atoms with van der Waals surface area (Å²) in [6.45, 7) is 4.09. The zero-order chi connectivity index (χ0) is 14.7. The number of aromatic nitrogens is 1. The monoisotopic (exact) mass is 292 g/mol. The first kappa shape index (κ1) is 14.6. The number of amides is 1. The highest BCUT2D eigenvalue weighted by Gasteiger charge is 2.08. The molecule has 20 heavy (non-hydrogen) atoms. The molecule has 0 fully saturated rings. The molecule has 1 aromatic carbocycles. The van der Waals surface area contributed by atoms with E-state index in [0.29, 0.717) is 5.69 Å². The maximum absolute atomic E-state index is 11.7. The molecule has 4 nitrogen and oxygen atoms in total. The van der Waals surface area contributed by atoms with Crippen LogP contribution in [0.25, 0.3) is 10.9 Å². The lowest BCUT2D eigenvalue weighted by Gasteiger charge is -2.11. The van der Waals surface area contributed by atoms with Gasteiger partial charge in [0.2, 0.25) is 11.5 Å². The summed E-state index contributed by atoms with van der Waals surface area (Å²) < 4.78 is 0. The zero-order valence-corrected chi connectivity index (χ0v) is 12.3. The van der Waals surface area contributed by atoms with Gasteiger partial charge in [0.1, 0.15) is 0 Å². The molecule has 5 heteroatoms. The molecule has 2 aromatic rings. The number of halogens is 1. The standard InChI is InChI=1S/C15H17ClN2O2/c1-9(2)12-8-15(20)18-13-7-10(3-4-11(12)13)17-14(19)5-6-16/h3-4,7-9H,5-6H2,1-2H3,(H,17,19)(H,18,20). The number of aromatic amines is 1. The van der Waals surface area contributed by atoms with Gasteiger partial charge in [-0.15, -0.1) is 11.6 Å². The fourth-order valence-electron chi connectivity index (χ4n) is 2.15. The summed E-state index contributed by atoms with van der Waals surface area (Å²) >= 11 is 5.53. The molecule has 2 N–H and O–H groups in total. The first-order valence-electron chi connectivity index (χ1n) is 6.54. The number of hydrogen-bond acceptors (Lipinski definition) is 2. The molecule has 2 rings (SSSR count). The van der Waals surface area contributed by atoms with E-state index in [1.807, 2.05) is 26.0 Å². The van der Waals surface area contributed by atoms with E-state index in [-0.39, 0.29) is 29.7 Å². The van der Waals surface area contributed by atoms with Crippen molar-refractivity contribution in [3.05, 3.63) is 40.2 Å². The molecule has 0 radical (unpaired) electrons. The Morgan fingerprint density at radius 2 is 2.10 bits per heavy atom. The minimum absolute atomic E-state index is 0.134. The van der Waals surface area contributed by atoms with Crippen LogP contribution in [-0.2, 0) is 4.79 Å². The van der Waals surface area contributed by atoms with E-state index < -0.39 is 0 Å². The Balaban J connectivity index is 2.44. The smallest absolute Gasteiger partial charge is 0.248 e. The number of pyridine rings is 1. The van der Waals surface area contributed by atoms with Gasteiger partial charge >= 0.3 is 0 Å². The van der Waals surface area contributed by atoms with Crippen molar-refractivity contribution in [3.63, 3.8) is 0 Å². The van der Waals surface area contributed by atoms with Gasteiger partial charge in [-0.1, -0.05) is 19.9 Å². The topological polar surface area (TPSA) is 62.0 Å².